The Morgan fingerprint density at radius 2 is 1.52 bits per heavy atom. The number of anilines is 1. The number of imide groups is 1. The highest BCUT2D eigenvalue weighted by Crippen LogP contribution is 2.29. The molecule has 31 heavy (non-hydrogen) atoms. The third-order valence-electron chi connectivity index (χ3n) is 5.14. The lowest BCUT2D eigenvalue weighted by molar-refractivity contribution is 0.0899. The quantitative estimate of drug-likeness (QED) is 0.487. The Hall–Kier alpha value is -4.04. The Labute approximate surface area is 177 Å². The zero-order valence-electron chi connectivity index (χ0n) is 16.4. The van der Waals surface area contributed by atoms with Gasteiger partial charge in [-0.15, -0.1) is 5.10 Å². The molecule has 8 nitrogen and oxygen atoms in total. The van der Waals surface area contributed by atoms with Crippen LogP contribution in [-0.4, -0.2) is 44.6 Å². The molecule has 5 rings (SSSR count). The van der Waals surface area contributed by atoms with Gasteiger partial charge in [-0.1, -0.05) is 29.5 Å². The molecule has 2 heterocycles. The molecule has 1 aliphatic rings. The van der Waals surface area contributed by atoms with Gasteiger partial charge in [0.15, 0.2) is 0 Å². The minimum absolute atomic E-state index is 0.0561. The number of para-hydroxylation sites is 1. The minimum Gasteiger partial charge on any atom is -0.491 e. The number of carbonyl (C=O) groups excluding carboxylic acids is 2. The number of carbonyl (C=O) groups is 2. The van der Waals surface area contributed by atoms with E-state index in [0.717, 1.165) is 15.9 Å². The van der Waals surface area contributed by atoms with Crippen LogP contribution >= 0.6 is 0 Å². The molecule has 0 unspecified atom stereocenters. The van der Waals surface area contributed by atoms with Crippen LogP contribution < -0.4 is 9.64 Å². The van der Waals surface area contributed by atoms with Gasteiger partial charge in [-0.05, 0) is 48.5 Å². The molecule has 1 N–H and O–H groups in total. The van der Waals surface area contributed by atoms with Crippen molar-refractivity contribution in [3.63, 3.8) is 0 Å². The van der Waals surface area contributed by atoms with Gasteiger partial charge in [-0.2, -0.15) is 0 Å². The number of fused-ring (bicyclic) bond motifs is 2. The first-order valence-electron chi connectivity index (χ1n) is 9.79. The lowest BCUT2D eigenvalue weighted by atomic mass is 10.1. The molecule has 1 atom stereocenters. The van der Waals surface area contributed by atoms with Crippen LogP contribution in [0.25, 0.3) is 11.0 Å². The van der Waals surface area contributed by atoms with Crippen molar-refractivity contribution in [1.29, 1.82) is 0 Å². The second-order valence-electron chi connectivity index (χ2n) is 7.21. The van der Waals surface area contributed by atoms with Crippen LogP contribution in [0.3, 0.4) is 0 Å². The van der Waals surface area contributed by atoms with Crippen LogP contribution in [0.15, 0.2) is 72.8 Å². The number of amides is 2. The number of hydrogen-bond acceptors (Lipinski definition) is 6. The fraction of sp³-hybridized carbons (Fsp3) is 0.130. The maximum absolute atomic E-state index is 12.6. The Morgan fingerprint density at radius 1 is 0.871 bits per heavy atom. The van der Waals surface area contributed by atoms with Gasteiger partial charge in [0.25, 0.3) is 11.8 Å². The predicted molar refractivity (Wildman–Crippen MR) is 113 cm³/mol. The van der Waals surface area contributed by atoms with E-state index in [1.54, 1.807) is 53.2 Å². The smallest absolute Gasteiger partial charge is 0.266 e. The number of benzene rings is 3. The van der Waals surface area contributed by atoms with E-state index in [4.69, 9.17) is 4.74 Å². The topological polar surface area (TPSA) is 97.6 Å². The summed E-state index contributed by atoms with van der Waals surface area (Å²) in [6, 6.07) is 20.9. The number of aliphatic hydroxyl groups excluding tert-OH is 1. The molecular weight excluding hydrogens is 396 g/mol. The number of hydrogen-bond donors (Lipinski definition) is 1. The number of aliphatic hydroxyl groups is 1. The molecule has 3 aromatic carbocycles. The molecule has 0 radical (unpaired) electrons. The first-order valence-corrected chi connectivity index (χ1v) is 9.79. The van der Waals surface area contributed by atoms with Crippen molar-refractivity contribution in [3.05, 3.63) is 83.9 Å². The summed E-state index contributed by atoms with van der Waals surface area (Å²) in [5, 5.41) is 18.5. The van der Waals surface area contributed by atoms with E-state index in [0.29, 0.717) is 22.6 Å². The standard InChI is InChI=1S/C23H18N4O4/c28-16(13-26-21-8-4-3-7-20(21)24-25-26)14-31-17-11-9-15(10-12-17)27-22(29)18-5-1-2-6-19(18)23(27)30/h1-12,16,28H,13-14H2/t16-/m1/s1. The molecule has 0 bridgehead atoms. The van der Waals surface area contributed by atoms with Crippen molar-refractivity contribution in [3.8, 4) is 5.75 Å². The molecule has 8 heteroatoms. The number of nitrogens with zero attached hydrogens (tertiary/aromatic N) is 4. The van der Waals surface area contributed by atoms with Gasteiger partial charge < -0.3 is 9.84 Å². The van der Waals surface area contributed by atoms with Crippen molar-refractivity contribution in [2.24, 2.45) is 0 Å². The molecule has 4 aromatic rings. The molecule has 0 aliphatic carbocycles. The van der Waals surface area contributed by atoms with Gasteiger partial charge in [-0.25, -0.2) is 9.58 Å². The summed E-state index contributed by atoms with van der Waals surface area (Å²) in [4.78, 5) is 26.3. The Bertz CT molecular complexity index is 1250. The molecule has 154 valence electrons. The van der Waals surface area contributed by atoms with Crippen molar-refractivity contribution in [2.45, 2.75) is 12.6 Å². The molecule has 0 saturated carbocycles. The van der Waals surface area contributed by atoms with Gasteiger partial charge in [-0.3, -0.25) is 9.59 Å². The Morgan fingerprint density at radius 3 is 2.23 bits per heavy atom. The third-order valence-corrected chi connectivity index (χ3v) is 5.14. The van der Waals surface area contributed by atoms with Crippen molar-refractivity contribution in [1.82, 2.24) is 15.0 Å². The highest BCUT2D eigenvalue weighted by Gasteiger charge is 2.36. The largest absolute Gasteiger partial charge is 0.491 e. The Balaban J connectivity index is 1.23. The van der Waals surface area contributed by atoms with Crippen molar-refractivity contribution < 1.29 is 19.4 Å². The van der Waals surface area contributed by atoms with Gasteiger partial charge in [0.1, 0.15) is 24.0 Å². The number of ether oxygens (including phenoxy) is 1. The summed E-state index contributed by atoms with van der Waals surface area (Å²) >= 11 is 0. The van der Waals surface area contributed by atoms with Crippen molar-refractivity contribution >= 4 is 28.5 Å². The van der Waals surface area contributed by atoms with E-state index in [9.17, 15) is 14.7 Å². The molecular formula is C23H18N4O4. The summed E-state index contributed by atoms with van der Waals surface area (Å²) in [6.07, 6.45) is -0.791. The summed E-state index contributed by atoms with van der Waals surface area (Å²) in [5.74, 6) is -0.169. The normalized spacial score (nSPS) is 14.2. The van der Waals surface area contributed by atoms with Crippen LogP contribution in [0.2, 0.25) is 0 Å². The zero-order chi connectivity index (χ0) is 21.4. The van der Waals surface area contributed by atoms with Crippen LogP contribution in [0.4, 0.5) is 5.69 Å². The highest BCUT2D eigenvalue weighted by molar-refractivity contribution is 6.34. The van der Waals surface area contributed by atoms with Crippen LogP contribution in [0.5, 0.6) is 5.75 Å². The highest BCUT2D eigenvalue weighted by atomic mass is 16.5. The predicted octanol–water partition coefficient (Wildman–Crippen LogP) is 2.67. The monoisotopic (exact) mass is 414 g/mol. The first-order chi connectivity index (χ1) is 15.1. The second kappa shape index (κ2) is 7.66. The minimum atomic E-state index is -0.791. The maximum Gasteiger partial charge on any atom is 0.266 e. The van der Waals surface area contributed by atoms with Crippen LogP contribution in [0.1, 0.15) is 20.7 Å². The molecule has 0 spiro atoms. The summed E-state index contributed by atoms with van der Waals surface area (Å²) < 4.78 is 7.30. The van der Waals surface area contributed by atoms with Crippen LogP contribution in [0, 0.1) is 0 Å². The molecule has 2 amide bonds. The van der Waals surface area contributed by atoms with E-state index in [2.05, 4.69) is 10.3 Å². The number of rotatable bonds is 6. The molecule has 0 fully saturated rings. The average molecular weight is 414 g/mol. The molecule has 1 aromatic heterocycles. The SMILES string of the molecule is O=C1c2ccccc2C(=O)N1c1ccc(OC[C@H](O)Cn2nnc3ccccc32)cc1. The molecule has 1 aliphatic heterocycles. The molecule has 0 saturated heterocycles. The van der Waals surface area contributed by atoms with Gasteiger partial charge >= 0.3 is 0 Å². The lowest BCUT2D eigenvalue weighted by Gasteiger charge is -2.16. The summed E-state index contributed by atoms with van der Waals surface area (Å²) in [6.45, 7) is 0.300. The van der Waals surface area contributed by atoms with Crippen molar-refractivity contribution in [2.75, 3.05) is 11.5 Å². The first kappa shape index (κ1) is 19.0. The van der Waals surface area contributed by atoms with E-state index in [-0.39, 0.29) is 25.0 Å². The van der Waals surface area contributed by atoms with Crippen LogP contribution in [-0.2, 0) is 6.54 Å². The van der Waals surface area contributed by atoms with E-state index in [1.165, 1.54) is 0 Å². The summed E-state index contributed by atoms with van der Waals surface area (Å²) in [5.41, 5.74) is 2.87. The van der Waals surface area contributed by atoms with E-state index >= 15 is 0 Å². The van der Waals surface area contributed by atoms with Gasteiger partial charge in [0.05, 0.1) is 28.9 Å². The Kier molecular flexibility index (Phi) is 4.68. The third kappa shape index (κ3) is 3.43. The van der Waals surface area contributed by atoms with E-state index in [1.807, 2.05) is 24.3 Å². The fourth-order valence-electron chi connectivity index (χ4n) is 3.61. The zero-order valence-corrected chi connectivity index (χ0v) is 16.4. The lowest BCUT2D eigenvalue weighted by Crippen LogP contribution is -2.29. The second-order valence-corrected chi connectivity index (χ2v) is 7.21. The fourth-order valence-corrected chi connectivity index (χ4v) is 3.61. The summed E-state index contributed by atoms with van der Waals surface area (Å²) in [7, 11) is 0. The maximum atomic E-state index is 12.6. The van der Waals surface area contributed by atoms with E-state index < -0.39 is 6.10 Å². The number of aromatic nitrogens is 3. The average Bonchev–Trinajstić information content (AvgIpc) is 3.32. The van der Waals surface area contributed by atoms with Gasteiger partial charge in [0.2, 0.25) is 0 Å². The van der Waals surface area contributed by atoms with Gasteiger partial charge in [0, 0.05) is 0 Å².